The van der Waals surface area contributed by atoms with Gasteiger partial charge in [-0.05, 0) is 25.3 Å². The highest BCUT2D eigenvalue weighted by atomic mass is 16.2. The van der Waals surface area contributed by atoms with Crippen LogP contribution in [0.5, 0.6) is 0 Å². The summed E-state index contributed by atoms with van der Waals surface area (Å²) in [6.07, 6.45) is 8.41. The molecule has 3 heterocycles. The summed E-state index contributed by atoms with van der Waals surface area (Å²) in [5.74, 6) is 1.77. The predicted octanol–water partition coefficient (Wildman–Crippen LogP) is 1.71. The molecule has 1 aliphatic carbocycles. The molecule has 1 amide bonds. The van der Waals surface area contributed by atoms with Crippen LogP contribution >= 0.6 is 0 Å². The molecule has 2 fully saturated rings. The van der Waals surface area contributed by atoms with Crippen LogP contribution < -0.4 is 0 Å². The molecule has 0 radical (unpaired) electrons. The molecule has 2 aliphatic rings. The third-order valence-electron chi connectivity index (χ3n) is 4.30. The van der Waals surface area contributed by atoms with E-state index in [1.165, 1.54) is 12.8 Å². The fraction of sp³-hybridized carbons (Fsp3) is 0.467. The Kier molecular flexibility index (Phi) is 2.94. The Hall–Kier alpha value is -2.24. The lowest BCUT2D eigenvalue weighted by Crippen LogP contribution is -2.28. The average molecular weight is 283 g/mol. The van der Waals surface area contributed by atoms with Gasteiger partial charge in [0.2, 0.25) is 0 Å². The largest absolute Gasteiger partial charge is 0.338 e. The van der Waals surface area contributed by atoms with Crippen molar-refractivity contribution in [2.24, 2.45) is 0 Å². The minimum absolute atomic E-state index is 0.0272. The second-order valence-electron chi connectivity index (χ2n) is 5.85. The molecular formula is C15H17N5O. The zero-order valence-electron chi connectivity index (χ0n) is 11.7. The molecule has 6 heteroatoms. The maximum Gasteiger partial charge on any atom is 0.257 e. The van der Waals surface area contributed by atoms with Crippen molar-refractivity contribution in [1.82, 2.24) is 25.1 Å². The molecule has 108 valence electrons. The second-order valence-corrected chi connectivity index (χ2v) is 5.85. The highest BCUT2D eigenvalue weighted by Gasteiger charge is 2.30. The number of rotatable bonds is 3. The normalized spacial score (nSPS) is 21.7. The van der Waals surface area contributed by atoms with Crippen LogP contribution in [0.4, 0.5) is 0 Å². The Morgan fingerprint density at radius 3 is 2.67 bits per heavy atom. The summed E-state index contributed by atoms with van der Waals surface area (Å²) in [6, 6.07) is 1.98. The molecule has 1 saturated heterocycles. The van der Waals surface area contributed by atoms with Crippen LogP contribution in [0.3, 0.4) is 0 Å². The highest BCUT2D eigenvalue weighted by Crippen LogP contribution is 2.37. The van der Waals surface area contributed by atoms with Crippen LogP contribution in [0.1, 0.15) is 53.0 Å². The maximum atomic E-state index is 12.5. The molecule has 2 aromatic rings. The Morgan fingerprint density at radius 2 is 2.00 bits per heavy atom. The molecule has 1 atom stereocenters. The number of carbonyl (C=O) groups excluding carboxylic acids is 1. The van der Waals surface area contributed by atoms with E-state index in [4.69, 9.17) is 0 Å². The first-order chi connectivity index (χ1) is 10.3. The molecule has 1 aliphatic heterocycles. The summed E-state index contributed by atoms with van der Waals surface area (Å²) in [5.41, 5.74) is 1.69. The molecule has 21 heavy (non-hydrogen) atoms. The number of aromatic nitrogens is 4. The van der Waals surface area contributed by atoms with Crippen molar-refractivity contribution in [1.29, 1.82) is 0 Å². The van der Waals surface area contributed by atoms with Gasteiger partial charge in [0, 0.05) is 49.2 Å². The van der Waals surface area contributed by atoms with Crippen LogP contribution in [-0.2, 0) is 0 Å². The van der Waals surface area contributed by atoms with Crippen molar-refractivity contribution in [3.05, 3.63) is 41.7 Å². The van der Waals surface area contributed by atoms with Gasteiger partial charge in [-0.15, -0.1) is 0 Å². The molecular weight excluding hydrogens is 266 g/mol. The number of H-pyrrole nitrogens is 1. The predicted molar refractivity (Wildman–Crippen MR) is 75.9 cm³/mol. The molecule has 0 aromatic carbocycles. The van der Waals surface area contributed by atoms with Crippen molar-refractivity contribution in [3.8, 4) is 0 Å². The Bertz CT molecular complexity index is 633. The van der Waals surface area contributed by atoms with Crippen molar-refractivity contribution in [3.63, 3.8) is 0 Å². The number of nitrogens with zero attached hydrogens (tertiary/aromatic N) is 4. The smallest absolute Gasteiger partial charge is 0.257 e. The van der Waals surface area contributed by atoms with Crippen molar-refractivity contribution < 1.29 is 4.79 Å². The first kappa shape index (κ1) is 12.5. The van der Waals surface area contributed by atoms with Crippen molar-refractivity contribution >= 4 is 5.91 Å². The SMILES string of the molecule is O=C(c1cnc(C2CC2)nc1)N1CC[C@H](c2ccn[nH]2)C1. The lowest BCUT2D eigenvalue weighted by atomic mass is 10.1. The van der Waals surface area contributed by atoms with Gasteiger partial charge < -0.3 is 4.90 Å². The molecule has 1 N–H and O–H groups in total. The number of hydrogen-bond acceptors (Lipinski definition) is 4. The van der Waals surface area contributed by atoms with E-state index in [0.717, 1.165) is 31.0 Å². The Balaban J connectivity index is 1.45. The molecule has 0 unspecified atom stereocenters. The molecule has 6 nitrogen and oxygen atoms in total. The zero-order chi connectivity index (χ0) is 14.2. The van der Waals surface area contributed by atoms with Crippen LogP contribution in [0.2, 0.25) is 0 Å². The summed E-state index contributed by atoms with van der Waals surface area (Å²) < 4.78 is 0. The monoisotopic (exact) mass is 283 g/mol. The van der Waals surface area contributed by atoms with Crippen LogP contribution in [0.25, 0.3) is 0 Å². The standard InChI is InChI=1S/C15H17N5O/c21-15(12-7-16-14(17-8-12)10-1-2-10)20-6-4-11(9-20)13-3-5-18-19-13/h3,5,7-8,10-11H,1-2,4,6,9H2,(H,18,19)/t11-/m0/s1. The lowest BCUT2D eigenvalue weighted by molar-refractivity contribution is 0.0789. The highest BCUT2D eigenvalue weighted by molar-refractivity contribution is 5.93. The van der Waals surface area contributed by atoms with E-state index in [0.29, 0.717) is 17.4 Å². The minimum Gasteiger partial charge on any atom is -0.338 e. The van der Waals surface area contributed by atoms with E-state index in [1.807, 2.05) is 11.0 Å². The van der Waals surface area contributed by atoms with E-state index >= 15 is 0 Å². The summed E-state index contributed by atoms with van der Waals surface area (Å²) in [5, 5.41) is 6.97. The number of likely N-dealkylation sites (tertiary alicyclic amines) is 1. The number of hydrogen-bond donors (Lipinski definition) is 1. The van der Waals surface area contributed by atoms with Gasteiger partial charge in [-0.1, -0.05) is 0 Å². The molecule has 1 saturated carbocycles. The van der Waals surface area contributed by atoms with Gasteiger partial charge in [0.25, 0.3) is 5.91 Å². The third kappa shape index (κ3) is 2.41. The number of amides is 1. The van der Waals surface area contributed by atoms with Gasteiger partial charge in [-0.2, -0.15) is 5.10 Å². The van der Waals surface area contributed by atoms with Gasteiger partial charge in [0.05, 0.1) is 5.56 Å². The van der Waals surface area contributed by atoms with Crippen LogP contribution in [-0.4, -0.2) is 44.1 Å². The van der Waals surface area contributed by atoms with E-state index in [9.17, 15) is 4.79 Å². The summed E-state index contributed by atoms with van der Waals surface area (Å²) in [4.78, 5) is 23.0. The minimum atomic E-state index is 0.0272. The van der Waals surface area contributed by atoms with Crippen LogP contribution in [0, 0.1) is 0 Å². The van der Waals surface area contributed by atoms with E-state index in [-0.39, 0.29) is 5.91 Å². The summed E-state index contributed by atoms with van der Waals surface area (Å²) in [7, 11) is 0. The van der Waals surface area contributed by atoms with E-state index in [2.05, 4.69) is 20.2 Å². The topological polar surface area (TPSA) is 74.8 Å². The van der Waals surface area contributed by atoms with E-state index < -0.39 is 0 Å². The molecule has 0 spiro atoms. The number of carbonyl (C=O) groups is 1. The Morgan fingerprint density at radius 1 is 1.19 bits per heavy atom. The average Bonchev–Trinajstić information content (AvgIpc) is 3.03. The lowest BCUT2D eigenvalue weighted by Gasteiger charge is -2.16. The Labute approximate surface area is 122 Å². The molecule has 4 rings (SSSR count). The van der Waals surface area contributed by atoms with Gasteiger partial charge >= 0.3 is 0 Å². The first-order valence-corrected chi connectivity index (χ1v) is 7.42. The fourth-order valence-electron chi connectivity index (χ4n) is 2.88. The summed E-state index contributed by atoms with van der Waals surface area (Å²) >= 11 is 0. The molecule has 2 aromatic heterocycles. The van der Waals surface area contributed by atoms with Gasteiger partial charge in [-0.3, -0.25) is 9.89 Å². The maximum absolute atomic E-state index is 12.5. The van der Waals surface area contributed by atoms with Crippen LogP contribution in [0.15, 0.2) is 24.7 Å². The van der Waals surface area contributed by atoms with Crippen molar-refractivity contribution in [2.45, 2.75) is 31.1 Å². The van der Waals surface area contributed by atoms with Gasteiger partial charge in [-0.25, -0.2) is 9.97 Å². The van der Waals surface area contributed by atoms with Crippen molar-refractivity contribution in [2.75, 3.05) is 13.1 Å². The van der Waals surface area contributed by atoms with Gasteiger partial charge in [0.15, 0.2) is 0 Å². The third-order valence-corrected chi connectivity index (χ3v) is 4.30. The summed E-state index contributed by atoms with van der Waals surface area (Å²) in [6.45, 7) is 1.50. The van der Waals surface area contributed by atoms with E-state index in [1.54, 1.807) is 18.6 Å². The number of aromatic amines is 1. The first-order valence-electron chi connectivity index (χ1n) is 7.42. The fourth-order valence-corrected chi connectivity index (χ4v) is 2.88. The zero-order valence-corrected chi connectivity index (χ0v) is 11.7. The molecule has 0 bridgehead atoms. The second kappa shape index (κ2) is 4.95. The van der Waals surface area contributed by atoms with Gasteiger partial charge in [0.1, 0.15) is 5.82 Å². The number of nitrogens with one attached hydrogen (secondary N) is 1. The quantitative estimate of drug-likeness (QED) is 0.930.